The zero-order valence-electron chi connectivity index (χ0n) is 8.53. The Morgan fingerprint density at radius 1 is 1.62 bits per heavy atom. The first-order chi connectivity index (χ1) is 6.25. The van der Waals surface area contributed by atoms with Crippen LogP contribution < -0.4 is 0 Å². The number of hydrogen-bond acceptors (Lipinski definition) is 2. The van der Waals surface area contributed by atoms with Gasteiger partial charge in [0.1, 0.15) is 0 Å². The van der Waals surface area contributed by atoms with Crippen molar-refractivity contribution in [3.63, 3.8) is 0 Å². The molecule has 1 saturated heterocycles. The topological polar surface area (TPSA) is 15.6 Å². The van der Waals surface area contributed by atoms with Crippen LogP contribution in [0.4, 0.5) is 0 Å². The SMILES string of the molecule is C=C(/C=C\C=N/C)[C@@H]1CCCN1C. The quantitative estimate of drug-likeness (QED) is 0.476. The van der Waals surface area contributed by atoms with Gasteiger partial charge < -0.3 is 0 Å². The second-order valence-corrected chi connectivity index (χ2v) is 3.48. The minimum Gasteiger partial charge on any atom is -0.299 e. The lowest BCUT2D eigenvalue weighted by Crippen LogP contribution is -2.25. The molecule has 0 aromatic carbocycles. The minimum absolute atomic E-state index is 0.543. The second kappa shape index (κ2) is 4.97. The lowest BCUT2D eigenvalue weighted by atomic mass is 10.1. The maximum Gasteiger partial charge on any atom is 0.0339 e. The van der Waals surface area contributed by atoms with Gasteiger partial charge in [-0.3, -0.25) is 9.89 Å². The highest BCUT2D eigenvalue weighted by Crippen LogP contribution is 2.21. The van der Waals surface area contributed by atoms with E-state index < -0.39 is 0 Å². The van der Waals surface area contributed by atoms with E-state index in [1.165, 1.54) is 25.0 Å². The monoisotopic (exact) mass is 178 g/mol. The van der Waals surface area contributed by atoms with Crippen LogP contribution >= 0.6 is 0 Å². The standard InChI is InChI=1S/C11H18N2/c1-10(6-4-8-12-2)11-7-5-9-13(11)3/h4,6,8,11H,1,5,7,9H2,2-3H3/b6-4-,12-8-/t11-/m0/s1. The van der Waals surface area contributed by atoms with Crippen molar-refractivity contribution in [3.05, 3.63) is 24.3 Å². The Balaban J connectivity index is 2.47. The van der Waals surface area contributed by atoms with Gasteiger partial charge in [0.25, 0.3) is 0 Å². The minimum atomic E-state index is 0.543. The maximum atomic E-state index is 4.07. The van der Waals surface area contributed by atoms with Crippen molar-refractivity contribution in [2.75, 3.05) is 20.6 Å². The molecule has 0 radical (unpaired) electrons. The third kappa shape index (κ3) is 2.81. The lowest BCUT2D eigenvalue weighted by molar-refractivity contribution is 0.349. The third-order valence-corrected chi connectivity index (χ3v) is 2.49. The number of aliphatic imine (C=N–C) groups is 1. The highest BCUT2D eigenvalue weighted by molar-refractivity contribution is 5.71. The molecular formula is C11H18N2. The largest absolute Gasteiger partial charge is 0.299 e. The molecule has 0 saturated carbocycles. The zero-order valence-corrected chi connectivity index (χ0v) is 8.53. The van der Waals surface area contributed by atoms with Crippen molar-refractivity contribution in [3.8, 4) is 0 Å². The van der Waals surface area contributed by atoms with E-state index in [1.54, 1.807) is 13.3 Å². The molecule has 13 heavy (non-hydrogen) atoms. The van der Waals surface area contributed by atoms with Crippen molar-refractivity contribution < 1.29 is 0 Å². The van der Waals surface area contributed by atoms with Gasteiger partial charge in [0.05, 0.1) is 0 Å². The number of hydrogen-bond donors (Lipinski definition) is 0. The first kappa shape index (κ1) is 10.2. The Morgan fingerprint density at radius 3 is 2.92 bits per heavy atom. The fourth-order valence-corrected chi connectivity index (χ4v) is 1.74. The van der Waals surface area contributed by atoms with E-state index >= 15 is 0 Å². The van der Waals surface area contributed by atoms with Crippen LogP contribution in [0.2, 0.25) is 0 Å². The van der Waals surface area contributed by atoms with Gasteiger partial charge in [-0.05, 0) is 38.1 Å². The number of nitrogens with zero attached hydrogens (tertiary/aromatic N) is 2. The molecule has 0 spiro atoms. The lowest BCUT2D eigenvalue weighted by Gasteiger charge is -2.19. The van der Waals surface area contributed by atoms with E-state index in [4.69, 9.17) is 0 Å². The van der Waals surface area contributed by atoms with Gasteiger partial charge in [0.2, 0.25) is 0 Å². The van der Waals surface area contributed by atoms with Crippen LogP contribution in [0.1, 0.15) is 12.8 Å². The molecule has 1 heterocycles. The van der Waals surface area contributed by atoms with Gasteiger partial charge in [-0.1, -0.05) is 12.7 Å². The molecule has 1 rings (SSSR count). The fraction of sp³-hybridized carbons (Fsp3) is 0.545. The van der Waals surface area contributed by atoms with E-state index in [2.05, 4.69) is 29.6 Å². The van der Waals surface area contributed by atoms with Crippen molar-refractivity contribution in [2.24, 2.45) is 4.99 Å². The molecule has 1 fully saturated rings. The highest BCUT2D eigenvalue weighted by atomic mass is 15.1. The van der Waals surface area contributed by atoms with Gasteiger partial charge in [0, 0.05) is 19.3 Å². The number of rotatable bonds is 3. The van der Waals surface area contributed by atoms with Crippen LogP contribution in [0.15, 0.2) is 29.3 Å². The van der Waals surface area contributed by atoms with Crippen molar-refractivity contribution in [1.82, 2.24) is 4.90 Å². The summed E-state index contributed by atoms with van der Waals surface area (Å²) >= 11 is 0. The predicted octanol–water partition coefficient (Wildman–Crippen LogP) is 1.89. The van der Waals surface area contributed by atoms with Crippen LogP contribution in [-0.2, 0) is 0 Å². The molecule has 0 aliphatic carbocycles. The molecule has 2 nitrogen and oxygen atoms in total. The molecular weight excluding hydrogens is 160 g/mol. The first-order valence-electron chi connectivity index (χ1n) is 4.73. The van der Waals surface area contributed by atoms with Gasteiger partial charge in [-0.2, -0.15) is 0 Å². The molecule has 0 unspecified atom stereocenters. The average molecular weight is 178 g/mol. The average Bonchev–Trinajstić information content (AvgIpc) is 2.52. The van der Waals surface area contributed by atoms with E-state index in [0.717, 1.165) is 0 Å². The second-order valence-electron chi connectivity index (χ2n) is 3.48. The summed E-state index contributed by atoms with van der Waals surface area (Å²) in [5.74, 6) is 0. The summed E-state index contributed by atoms with van der Waals surface area (Å²) in [6, 6.07) is 0.543. The van der Waals surface area contributed by atoms with E-state index in [1.807, 2.05) is 6.08 Å². The summed E-state index contributed by atoms with van der Waals surface area (Å²) in [5, 5.41) is 0. The van der Waals surface area contributed by atoms with Crippen LogP contribution in [0.3, 0.4) is 0 Å². The molecule has 0 aromatic heterocycles. The Kier molecular flexibility index (Phi) is 3.90. The smallest absolute Gasteiger partial charge is 0.0339 e. The molecule has 0 aromatic rings. The van der Waals surface area contributed by atoms with Gasteiger partial charge in [-0.15, -0.1) is 0 Å². The van der Waals surface area contributed by atoms with E-state index in [9.17, 15) is 0 Å². The van der Waals surface area contributed by atoms with Crippen molar-refractivity contribution in [2.45, 2.75) is 18.9 Å². The van der Waals surface area contributed by atoms with Gasteiger partial charge >= 0.3 is 0 Å². The Labute approximate surface area is 80.7 Å². The highest BCUT2D eigenvalue weighted by Gasteiger charge is 2.21. The normalized spacial score (nSPS) is 24.9. The van der Waals surface area contributed by atoms with Gasteiger partial charge in [-0.25, -0.2) is 0 Å². The summed E-state index contributed by atoms with van der Waals surface area (Å²) < 4.78 is 0. The summed E-state index contributed by atoms with van der Waals surface area (Å²) in [6.45, 7) is 5.26. The fourth-order valence-electron chi connectivity index (χ4n) is 1.74. The number of allylic oxidation sites excluding steroid dienone is 1. The number of likely N-dealkylation sites (tertiary alicyclic amines) is 1. The van der Waals surface area contributed by atoms with Crippen LogP contribution in [0.25, 0.3) is 0 Å². The molecule has 1 aliphatic heterocycles. The Bertz CT molecular complexity index is 228. The van der Waals surface area contributed by atoms with Crippen molar-refractivity contribution in [1.29, 1.82) is 0 Å². The van der Waals surface area contributed by atoms with Crippen LogP contribution in [0, 0.1) is 0 Å². The van der Waals surface area contributed by atoms with E-state index in [-0.39, 0.29) is 0 Å². The van der Waals surface area contributed by atoms with Crippen LogP contribution in [0.5, 0.6) is 0 Å². The summed E-state index contributed by atoms with van der Waals surface area (Å²) in [6.07, 6.45) is 8.33. The Morgan fingerprint density at radius 2 is 2.38 bits per heavy atom. The summed E-state index contributed by atoms with van der Waals surface area (Å²) in [5.41, 5.74) is 1.19. The molecule has 0 amide bonds. The summed E-state index contributed by atoms with van der Waals surface area (Å²) in [4.78, 5) is 6.24. The van der Waals surface area contributed by atoms with E-state index in [0.29, 0.717) is 6.04 Å². The maximum absolute atomic E-state index is 4.07. The van der Waals surface area contributed by atoms with Gasteiger partial charge in [0.15, 0.2) is 0 Å². The molecule has 0 N–H and O–H groups in total. The van der Waals surface area contributed by atoms with Crippen molar-refractivity contribution >= 4 is 6.21 Å². The first-order valence-corrected chi connectivity index (χ1v) is 4.73. The molecule has 2 heteroatoms. The third-order valence-electron chi connectivity index (χ3n) is 2.49. The summed E-state index contributed by atoms with van der Waals surface area (Å²) in [7, 11) is 3.93. The van der Waals surface area contributed by atoms with Crippen LogP contribution in [-0.4, -0.2) is 37.8 Å². The molecule has 72 valence electrons. The molecule has 0 bridgehead atoms. The molecule has 1 atom stereocenters. The molecule has 1 aliphatic rings. The predicted molar refractivity (Wildman–Crippen MR) is 58.3 cm³/mol. The zero-order chi connectivity index (χ0) is 9.68. The number of likely N-dealkylation sites (N-methyl/N-ethyl adjacent to an activating group) is 1. The Hall–Kier alpha value is -0.890.